The van der Waals surface area contributed by atoms with Crippen LogP contribution in [0.15, 0.2) is 24.8 Å². The van der Waals surface area contributed by atoms with Gasteiger partial charge in [-0.25, -0.2) is 0 Å². The van der Waals surface area contributed by atoms with E-state index in [2.05, 4.69) is 6.58 Å². The number of ether oxygens (including phenoxy) is 1. The minimum atomic E-state index is 0.935. The zero-order valence-corrected chi connectivity index (χ0v) is 7.85. The van der Waals surface area contributed by atoms with Crippen molar-refractivity contribution in [1.29, 1.82) is 0 Å². The number of para-hydroxylation sites is 1. The molecule has 0 aliphatic heterocycles. The molecule has 0 aliphatic rings. The minimum Gasteiger partial charge on any atom is -0.496 e. The van der Waals surface area contributed by atoms with Gasteiger partial charge < -0.3 is 4.74 Å². The summed E-state index contributed by atoms with van der Waals surface area (Å²) in [6.07, 6.45) is 0. The van der Waals surface area contributed by atoms with Gasteiger partial charge in [0.25, 0.3) is 0 Å². The number of rotatable bonds is 2. The van der Waals surface area contributed by atoms with Crippen LogP contribution in [0.25, 0.3) is 5.57 Å². The number of benzene rings is 1. The average molecular weight is 162 g/mol. The summed E-state index contributed by atoms with van der Waals surface area (Å²) >= 11 is 0. The van der Waals surface area contributed by atoms with Crippen molar-refractivity contribution in [2.45, 2.75) is 13.8 Å². The van der Waals surface area contributed by atoms with Gasteiger partial charge >= 0.3 is 0 Å². The monoisotopic (exact) mass is 162 g/mol. The first-order valence-electron chi connectivity index (χ1n) is 3.96. The number of allylic oxidation sites excluding steroid dienone is 1. The smallest absolute Gasteiger partial charge is 0.129 e. The maximum absolute atomic E-state index is 5.28. The quantitative estimate of drug-likeness (QED) is 0.649. The molecule has 12 heavy (non-hydrogen) atoms. The van der Waals surface area contributed by atoms with Crippen LogP contribution in [-0.4, -0.2) is 7.11 Å². The second-order valence-corrected chi connectivity index (χ2v) is 2.94. The lowest BCUT2D eigenvalue weighted by Gasteiger charge is -2.10. The molecule has 1 rings (SSSR count). The lowest BCUT2D eigenvalue weighted by molar-refractivity contribution is 0.410. The molecule has 0 heterocycles. The predicted molar refractivity (Wildman–Crippen MR) is 52.4 cm³/mol. The van der Waals surface area contributed by atoms with Crippen molar-refractivity contribution >= 4 is 5.57 Å². The Labute approximate surface area is 73.7 Å². The summed E-state index contributed by atoms with van der Waals surface area (Å²) in [6, 6.07) is 6.07. The summed E-state index contributed by atoms with van der Waals surface area (Å²) < 4.78 is 5.28. The van der Waals surface area contributed by atoms with Gasteiger partial charge in [0.1, 0.15) is 5.75 Å². The Morgan fingerprint density at radius 2 is 2.08 bits per heavy atom. The van der Waals surface area contributed by atoms with E-state index in [1.54, 1.807) is 7.11 Å². The van der Waals surface area contributed by atoms with E-state index < -0.39 is 0 Å². The fourth-order valence-corrected chi connectivity index (χ4v) is 1.26. The van der Waals surface area contributed by atoms with Crippen LogP contribution in [0.3, 0.4) is 0 Å². The highest BCUT2D eigenvalue weighted by Gasteiger charge is 2.04. The summed E-state index contributed by atoms with van der Waals surface area (Å²) in [5.74, 6) is 0.935. The SMILES string of the molecule is C=C(C)c1cccc(C)c1OC. The summed E-state index contributed by atoms with van der Waals surface area (Å²) in [7, 11) is 1.69. The van der Waals surface area contributed by atoms with Crippen LogP contribution in [0.4, 0.5) is 0 Å². The van der Waals surface area contributed by atoms with E-state index in [4.69, 9.17) is 4.74 Å². The Hall–Kier alpha value is -1.24. The van der Waals surface area contributed by atoms with Crippen LogP contribution in [0.1, 0.15) is 18.1 Å². The first-order chi connectivity index (χ1) is 5.66. The second-order valence-electron chi connectivity index (χ2n) is 2.94. The van der Waals surface area contributed by atoms with E-state index in [9.17, 15) is 0 Å². The lowest BCUT2D eigenvalue weighted by atomic mass is 10.0. The van der Waals surface area contributed by atoms with Gasteiger partial charge in [-0.2, -0.15) is 0 Å². The average Bonchev–Trinajstić information content (AvgIpc) is 2.03. The molecule has 0 N–H and O–H groups in total. The fourth-order valence-electron chi connectivity index (χ4n) is 1.26. The molecule has 0 amide bonds. The molecule has 1 heteroatoms. The molecular formula is C11H14O. The van der Waals surface area contributed by atoms with Crippen LogP contribution in [0.2, 0.25) is 0 Å². The molecule has 1 aromatic rings. The van der Waals surface area contributed by atoms with Gasteiger partial charge in [0, 0.05) is 5.56 Å². The first-order valence-corrected chi connectivity index (χ1v) is 3.96. The maximum Gasteiger partial charge on any atom is 0.129 e. The molecule has 0 bridgehead atoms. The van der Waals surface area contributed by atoms with Crippen LogP contribution < -0.4 is 4.74 Å². The predicted octanol–water partition coefficient (Wildman–Crippen LogP) is 3.04. The highest BCUT2D eigenvalue weighted by Crippen LogP contribution is 2.27. The molecule has 0 radical (unpaired) electrons. The molecule has 0 spiro atoms. The van der Waals surface area contributed by atoms with Crippen LogP contribution >= 0.6 is 0 Å². The topological polar surface area (TPSA) is 9.23 Å². The lowest BCUT2D eigenvalue weighted by Crippen LogP contribution is -1.91. The molecule has 1 aromatic carbocycles. The molecule has 0 aliphatic carbocycles. The standard InChI is InChI=1S/C11H14O/c1-8(2)10-7-5-6-9(3)11(10)12-4/h5-7H,1H2,2-4H3. The molecule has 0 atom stereocenters. The Bertz CT molecular complexity index is 300. The van der Waals surface area contributed by atoms with Gasteiger partial charge in [0.2, 0.25) is 0 Å². The third-order valence-corrected chi connectivity index (χ3v) is 1.88. The summed E-state index contributed by atoms with van der Waals surface area (Å²) in [5.41, 5.74) is 3.28. The van der Waals surface area contributed by atoms with Crippen molar-refractivity contribution in [2.24, 2.45) is 0 Å². The number of hydrogen-bond acceptors (Lipinski definition) is 1. The molecule has 0 fully saturated rings. The van der Waals surface area contributed by atoms with Gasteiger partial charge in [-0.05, 0) is 25.0 Å². The Morgan fingerprint density at radius 3 is 2.50 bits per heavy atom. The Balaban J connectivity index is 3.27. The normalized spacial score (nSPS) is 9.58. The Kier molecular flexibility index (Phi) is 2.54. The fraction of sp³-hybridized carbons (Fsp3) is 0.273. The number of methoxy groups -OCH3 is 1. The third kappa shape index (κ3) is 1.50. The van der Waals surface area contributed by atoms with Crippen molar-refractivity contribution in [2.75, 3.05) is 7.11 Å². The van der Waals surface area contributed by atoms with Crippen LogP contribution in [0.5, 0.6) is 5.75 Å². The van der Waals surface area contributed by atoms with Gasteiger partial charge in [-0.1, -0.05) is 24.8 Å². The van der Waals surface area contributed by atoms with Gasteiger partial charge in [0.05, 0.1) is 7.11 Å². The second kappa shape index (κ2) is 3.44. The molecular weight excluding hydrogens is 148 g/mol. The summed E-state index contributed by atoms with van der Waals surface area (Å²) in [5, 5.41) is 0. The van der Waals surface area contributed by atoms with Crippen molar-refractivity contribution in [1.82, 2.24) is 0 Å². The minimum absolute atomic E-state index is 0.935. The number of hydrogen-bond donors (Lipinski definition) is 0. The summed E-state index contributed by atoms with van der Waals surface area (Å²) in [4.78, 5) is 0. The van der Waals surface area contributed by atoms with E-state index in [0.717, 1.165) is 22.4 Å². The number of aryl methyl sites for hydroxylation is 1. The van der Waals surface area contributed by atoms with E-state index in [1.165, 1.54) is 0 Å². The van der Waals surface area contributed by atoms with E-state index in [0.29, 0.717) is 0 Å². The molecule has 1 nitrogen and oxygen atoms in total. The largest absolute Gasteiger partial charge is 0.496 e. The van der Waals surface area contributed by atoms with E-state index in [1.807, 2.05) is 32.0 Å². The molecule has 64 valence electrons. The molecule has 0 saturated heterocycles. The van der Waals surface area contributed by atoms with E-state index in [-0.39, 0.29) is 0 Å². The van der Waals surface area contributed by atoms with Crippen molar-refractivity contribution in [3.63, 3.8) is 0 Å². The van der Waals surface area contributed by atoms with E-state index >= 15 is 0 Å². The Morgan fingerprint density at radius 1 is 1.42 bits per heavy atom. The van der Waals surface area contributed by atoms with Crippen molar-refractivity contribution in [3.8, 4) is 5.75 Å². The molecule has 0 aromatic heterocycles. The van der Waals surface area contributed by atoms with Gasteiger partial charge in [-0.3, -0.25) is 0 Å². The van der Waals surface area contributed by atoms with Crippen LogP contribution in [0, 0.1) is 6.92 Å². The van der Waals surface area contributed by atoms with Gasteiger partial charge in [-0.15, -0.1) is 0 Å². The zero-order chi connectivity index (χ0) is 9.14. The molecule has 0 saturated carbocycles. The van der Waals surface area contributed by atoms with Gasteiger partial charge in [0.15, 0.2) is 0 Å². The first kappa shape index (κ1) is 8.85. The van der Waals surface area contributed by atoms with Crippen LogP contribution in [-0.2, 0) is 0 Å². The summed E-state index contributed by atoms with van der Waals surface area (Å²) in [6.45, 7) is 7.91. The maximum atomic E-state index is 5.28. The molecule has 0 unspecified atom stereocenters. The highest BCUT2D eigenvalue weighted by atomic mass is 16.5. The van der Waals surface area contributed by atoms with Crippen molar-refractivity contribution in [3.05, 3.63) is 35.9 Å². The van der Waals surface area contributed by atoms with Crippen molar-refractivity contribution < 1.29 is 4.74 Å². The zero-order valence-electron chi connectivity index (χ0n) is 7.85. The third-order valence-electron chi connectivity index (χ3n) is 1.88. The highest BCUT2D eigenvalue weighted by molar-refractivity contribution is 5.68.